The number of carboxylic acids is 1. The number of hydrogen-bond donors (Lipinski definition) is 1. The summed E-state index contributed by atoms with van der Waals surface area (Å²) >= 11 is 0. The van der Waals surface area contributed by atoms with Gasteiger partial charge in [-0.2, -0.15) is 0 Å². The number of carbonyl (C=O) groups is 2. The third kappa shape index (κ3) is 3.86. The average Bonchev–Trinajstić information content (AvgIpc) is 2.41. The molecular formula is C16H29GaO4. The molecule has 0 aromatic heterocycles. The van der Waals surface area contributed by atoms with E-state index in [-0.39, 0.29) is 37.6 Å². The van der Waals surface area contributed by atoms with Crippen molar-refractivity contribution in [1.29, 1.82) is 0 Å². The number of aliphatic carboxylic acids is 1. The van der Waals surface area contributed by atoms with E-state index >= 15 is 0 Å². The van der Waals surface area contributed by atoms with Crippen LogP contribution in [0.25, 0.3) is 0 Å². The van der Waals surface area contributed by atoms with Gasteiger partial charge in [-0.1, -0.05) is 33.1 Å². The van der Waals surface area contributed by atoms with Crippen LogP contribution in [-0.4, -0.2) is 42.4 Å². The second-order valence-electron chi connectivity index (χ2n) is 6.63. The molecule has 1 N–H and O–H groups in total. The van der Waals surface area contributed by atoms with E-state index in [1.165, 1.54) is 0 Å². The van der Waals surface area contributed by atoms with Gasteiger partial charge in [0, 0.05) is 5.92 Å². The Morgan fingerprint density at radius 2 is 1.67 bits per heavy atom. The molecule has 0 aromatic rings. The Kier molecular flexibility index (Phi) is 6.85. The predicted molar refractivity (Wildman–Crippen MR) is 85.2 cm³/mol. The number of carbonyl (C=O) groups excluding carboxylic acids is 1. The molecule has 0 aromatic carbocycles. The first-order valence-corrected chi connectivity index (χ1v) is 7.93. The van der Waals surface area contributed by atoms with E-state index in [0.717, 1.165) is 44.9 Å². The summed E-state index contributed by atoms with van der Waals surface area (Å²) in [7, 11) is 0. The molecule has 0 saturated heterocycles. The van der Waals surface area contributed by atoms with Gasteiger partial charge in [-0.3, -0.25) is 4.79 Å². The summed E-state index contributed by atoms with van der Waals surface area (Å²) < 4.78 is 5.62. The Labute approximate surface area is 140 Å². The number of ether oxygens (including phenoxy) is 1. The van der Waals surface area contributed by atoms with E-state index in [4.69, 9.17) is 4.74 Å². The molecule has 21 heavy (non-hydrogen) atoms. The van der Waals surface area contributed by atoms with Crippen LogP contribution in [0.15, 0.2) is 0 Å². The van der Waals surface area contributed by atoms with Crippen LogP contribution >= 0.6 is 0 Å². The van der Waals surface area contributed by atoms with Gasteiger partial charge in [-0.25, -0.2) is 4.79 Å². The molecule has 0 bridgehead atoms. The van der Waals surface area contributed by atoms with E-state index in [9.17, 15) is 14.7 Å². The molecule has 0 aliphatic heterocycles. The van der Waals surface area contributed by atoms with Crippen molar-refractivity contribution in [3.63, 3.8) is 0 Å². The van der Waals surface area contributed by atoms with Crippen molar-refractivity contribution in [1.82, 2.24) is 0 Å². The van der Waals surface area contributed by atoms with Crippen LogP contribution in [0, 0.1) is 17.8 Å². The van der Waals surface area contributed by atoms with Gasteiger partial charge in [-0.05, 0) is 38.0 Å². The number of rotatable bonds is 3. The first kappa shape index (κ1) is 18.6. The van der Waals surface area contributed by atoms with Crippen molar-refractivity contribution in [2.75, 3.05) is 0 Å². The maximum atomic E-state index is 12.4. The Bertz CT molecular complexity index is 384. The summed E-state index contributed by atoms with van der Waals surface area (Å²) in [6.07, 6.45) is 7.19. The van der Waals surface area contributed by atoms with Crippen molar-refractivity contribution >= 4 is 31.7 Å². The van der Waals surface area contributed by atoms with Gasteiger partial charge < -0.3 is 9.84 Å². The Balaban J connectivity index is 0.00000220. The van der Waals surface area contributed by atoms with Gasteiger partial charge in [0.05, 0.1) is 5.92 Å². The molecule has 4 unspecified atom stereocenters. The van der Waals surface area contributed by atoms with E-state index < -0.39 is 11.6 Å². The molecule has 5 heteroatoms. The first-order chi connectivity index (χ1) is 9.47. The molecule has 4 nitrogen and oxygen atoms in total. The minimum absolute atomic E-state index is 0. The summed E-state index contributed by atoms with van der Waals surface area (Å²) in [5.41, 5.74) is -1.29. The second kappa shape index (κ2) is 7.72. The maximum absolute atomic E-state index is 12.4. The van der Waals surface area contributed by atoms with Crippen LogP contribution in [0.3, 0.4) is 0 Å². The van der Waals surface area contributed by atoms with Gasteiger partial charge in [0.2, 0.25) is 5.60 Å². The quantitative estimate of drug-likeness (QED) is 0.623. The average molecular weight is 355 g/mol. The Morgan fingerprint density at radius 1 is 1.05 bits per heavy atom. The summed E-state index contributed by atoms with van der Waals surface area (Å²) in [6, 6.07) is 0. The summed E-state index contributed by atoms with van der Waals surface area (Å²) in [5.74, 6) is -1.17. The van der Waals surface area contributed by atoms with Crippen molar-refractivity contribution < 1.29 is 19.4 Å². The zero-order chi connectivity index (χ0) is 14.8. The normalized spacial score (nSPS) is 36.4. The van der Waals surface area contributed by atoms with Crippen LogP contribution < -0.4 is 0 Å². The van der Waals surface area contributed by atoms with Gasteiger partial charge in [-0.15, -0.1) is 0 Å². The van der Waals surface area contributed by atoms with Crippen LogP contribution in [0.1, 0.15) is 65.2 Å². The van der Waals surface area contributed by atoms with E-state index in [1.54, 1.807) is 0 Å². The molecule has 2 aliphatic carbocycles. The monoisotopic (exact) mass is 354 g/mol. The van der Waals surface area contributed by atoms with E-state index in [2.05, 4.69) is 6.92 Å². The zero-order valence-electron chi connectivity index (χ0n) is 12.6. The Hall–Kier alpha value is -0.424. The van der Waals surface area contributed by atoms with Crippen LogP contribution in [0.5, 0.6) is 0 Å². The van der Waals surface area contributed by atoms with Gasteiger partial charge >= 0.3 is 31.7 Å². The predicted octanol–water partition coefficient (Wildman–Crippen LogP) is 2.21. The molecule has 4 atom stereocenters. The summed E-state index contributed by atoms with van der Waals surface area (Å²) in [6.45, 7) is 3.97. The van der Waals surface area contributed by atoms with Crippen molar-refractivity contribution in [2.24, 2.45) is 17.8 Å². The molecule has 0 spiro atoms. The molecular weight excluding hydrogens is 326 g/mol. The molecule has 0 heterocycles. The molecule has 120 valence electrons. The Morgan fingerprint density at radius 3 is 2.24 bits per heavy atom. The number of carboxylic acid groups (broad SMARTS) is 1. The fourth-order valence-electron chi connectivity index (χ4n) is 3.75. The summed E-state index contributed by atoms with van der Waals surface area (Å²) in [5, 5.41) is 9.60. The van der Waals surface area contributed by atoms with Crippen LogP contribution in [0.2, 0.25) is 0 Å². The molecule has 2 aliphatic rings. The van der Waals surface area contributed by atoms with Gasteiger partial charge in [0.15, 0.2) is 0 Å². The van der Waals surface area contributed by atoms with Crippen LogP contribution in [0.4, 0.5) is 0 Å². The second-order valence-corrected chi connectivity index (χ2v) is 6.63. The molecule has 2 saturated carbocycles. The fraction of sp³-hybridized carbons (Fsp3) is 0.875. The third-order valence-electron chi connectivity index (χ3n) is 5.29. The molecule has 2 rings (SSSR count). The zero-order valence-corrected chi connectivity index (χ0v) is 12.6. The molecule has 0 amide bonds. The standard InChI is InChI=1S/C16H26O4.Ga.3H/c1-11-7-3-4-9-13(11)14(17)20-16(15(18)19)10-6-5-8-12(16)2;;;;/h11-13H,3-10H2,1-2H3,(H,18,19);;;;. The topological polar surface area (TPSA) is 63.6 Å². The van der Waals surface area contributed by atoms with E-state index in [0.29, 0.717) is 12.3 Å². The van der Waals surface area contributed by atoms with Crippen molar-refractivity contribution in [3.8, 4) is 0 Å². The third-order valence-corrected chi connectivity index (χ3v) is 5.29. The SMILES string of the molecule is CC1CCCCC1C(=O)OC1(C(=O)O)CCCCC1C.[GaH3]. The van der Waals surface area contributed by atoms with Crippen LogP contribution in [-0.2, 0) is 14.3 Å². The first-order valence-electron chi connectivity index (χ1n) is 7.93. The van der Waals surface area contributed by atoms with Gasteiger partial charge in [0.1, 0.15) is 0 Å². The van der Waals surface area contributed by atoms with Gasteiger partial charge in [0.25, 0.3) is 0 Å². The number of esters is 1. The molecule has 0 radical (unpaired) electrons. The minimum atomic E-state index is -1.29. The van der Waals surface area contributed by atoms with Crippen molar-refractivity contribution in [2.45, 2.75) is 70.8 Å². The summed E-state index contributed by atoms with van der Waals surface area (Å²) in [4.78, 5) is 24.2. The number of hydrogen-bond acceptors (Lipinski definition) is 3. The van der Waals surface area contributed by atoms with Crippen molar-refractivity contribution in [3.05, 3.63) is 0 Å². The fourth-order valence-corrected chi connectivity index (χ4v) is 3.75. The molecule has 2 fully saturated rings. The van der Waals surface area contributed by atoms with E-state index in [1.807, 2.05) is 6.92 Å².